The zero-order valence-electron chi connectivity index (χ0n) is 12.3. The predicted octanol–water partition coefficient (Wildman–Crippen LogP) is 3.09. The zero-order valence-corrected chi connectivity index (χ0v) is 13.1. The lowest BCUT2D eigenvalue weighted by molar-refractivity contribution is 0.0492. The van der Waals surface area contributed by atoms with Gasteiger partial charge in [-0.05, 0) is 36.8 Å². The first-order valence-corrected chi connectivity index (χ1v) is 7.74. The molecule has 0 saturated heterocycles. The number of esters is 1. The van der Waals surface area contributed by atoms with Crippen LogP contribution in [0.1, 0.15) is 23.0 Å². The highest BCUT2D eigenvalue weighted by molar-refractivity contribution is 7.14. The fourth-order valence-corrected chi connectivity index (χ4v) is 2.49. The number of furan rings is 1. The number of hydrogen-bond donors (Lipinski definition) is 2. The van der Waals surface area contributed by atoms with Gasteiger partial charge in [0, 0.05) is 10.8 Å². The molecule has 3 aromatic rings. The van der Waals surface area contributed by atoms with E-state index in [9.17, 15) is 4.79 Å². The van der Waals surface area contributed by atoms with Crippen molar-refractivity contribution >= 4 is 45.4 Å². The molecule has 3 rings (SSSR count). The number of hydrogen-bond acceptors (Lipinski definition) is 8. The molecule has 0 unspecified atom stereocenters. The second-order valence-electron chi connectivity index (χ2n) is 4.58. The Hall–Kier alpha value is -2.87. The van der Waals surface area contributed by atoms with Gasteiger partial charge in [-0.25, -0.2) is 9.78 Å². The van der Waals surface area contributed by atoms with Crippen molar-refractivity contribution in [2.24, 2.45) is 5.10 Å². The van der Waals surface area contributed by atoms with Crippen molar-refractivity contribution in [1.82, 2.24) is 4.98 Å². The summed E-state index contributed by atoms with van der Waals surface area (Å²) in [5.74, 6) is 0.174. The third kappa shape index (κ3) is 3.49. The average molecular weight is 330 g/mol. The van der Waals surface area contributed by atoms with E-state index in [4.69, 9.17) is 14.9 Å². The first kappa shape index (κ1) is 15.0. The smallest absolute Gasteiger partial charge is 0.374 e. The van der Waals surface area contributed by atoms with Crippen molar-refractivity contribution in [2.45, 2.75) is 6.92 Å². The van der Waals surface area contributed by atoms with E-state index < -0.39 is 5.97 Å². The first-order chi connectivity index (χ1) is 11.2. The number of aromatic nitrogens is 1. The number of fused-ring (bicyclic) bond motifs is 1. The van der Waals surface area contributed by atoms with Crippen LogP contribution in [0, 0.1) is 0 Å². The Kier molecular flexibility index (Phi) is 4.24. The number of anilines is 2. The minimum absolute atomic E-state index is 0.187. The lowest BCUT2D eigenvalue weighted by Gasteiger charge is -1.95. The summed E-state index contributed by atoms with van der Waals surface area (Å²) in [5, 5.41) is 7.25. The third-order valence-corrected chi connectivity index (χ3v) is 3.68. The van der Waals surface area contributed by atoms with Gasteiger partial charge in [-0.15, -0.1) is 11.3 Å². The van der Waals surface area contributed by atoms with E-state index in [-0.39, 0.29) is 5.76 Å². The van der Waals surface area contributed by atoms with Crippen LogP contribution in [0.25, 0.3) is 11.0 Å². The Balaban J connectivity index is 1.75. The van der Waals surface area contributed by atoms with Crippen molar-refractivity contribution in [3.63, 3.8) is 0 Å². The van der Waals surface area contributed by atoms with Crippen molar-refractivity contribution in [3.8, 4) is 0 Å². The highest BCUT2D eigenvalue weighted by Crippen LogP contribution is 2.21. The molecule has 0 saturated carbocycles. The van der Waals surface area contributed by atoms with Crippen LogP contribution in [0.2, 0.25) is 0 Å². The summed E-state index contributed by atoms with van der Waals surface area (Å²) in [6.07, 6.45) is 1.65. The van der Waals surface area contributed by atoms with Crippen LogP contribution in [-0.4, -0.2) is 23.8 Å². The fraction of sp³-hybridized carbons (Fsp3) is 0.133. The Morgan fingerprint density at radius 3 is 3.13 bits per heavy atom. The summed E-state index contributed by atoms with van der Waals surface area (Å²) < 4.78 is 10.4. The Labute approximate surface area is 135 Å². The number of carbonyl (C=O) groups excluding carboxylic acids is 1. The molecule has 0 atom stereocenters. The molecule has 0 aliphatic carbocycles. The molecule has 0 spiro atoms. The van der Waals surface area contributed by atoms with Crippen molar-refractivity contribution in [1.29, 1.82) is 0 Å². The number of carbonyl (C=O) groups is 1. The molecule has 0 aliphatic rings. The van der Waals surface area contributed by atoms with Gasteiger partial charge in [0.2, 0.25) is 10.9 Å². The third-order valence-electron chi connectivity index (χ3n) is 2.91. The van der Waals surface area contributed by atoms with Gasteiger partial charge >= 0.3 is 5.97 Å². The topological polar surface area (TPSA) is 103 Å². The lowest BCUT2D eigenvalue weighted by Crippen LogP contribution is -2.02. The second kappa shape index (κ2) is 6.49. The maximum absolute atomic E-state index is 11.7. The first-order valence-electron chi connectivity index (χ1n) is 6.86. The second-order valence-corrected chi connectivity index (χ2v) is 5.43. The molecule has 2 aromatic heterocycles. The molecule has 3 N–H and O–H groups in total. The SMILES string of the molecule is CCOC(=O)c1cc2cc(C=NNc3nc(N)cs3)ccc2o1. The summed E-state index contributed by atoms with van der Waals surface area (Å²) in [6.45, 7) is 2.05. The van der Waals surface area contributed by atoms with Gasteiger partial charge < -0.3 is 14.9 Å². The Morgan fingerprint density at radius 2 is 2.39 bits per heavy atom. The monoisotopic (exact) mass is 330 g/mol. The van der Waals surface area contributed by atoms with E-state index in [0.29, 0.717) is 23.1 Å². The van der Waals surface area contributed by atoms with Crippen LogP contribution >= 0.6 is 11.3 Å². The fourth-order valence-electron chi connectivity index (χ4n) is 1.94. The van der Waals surface area contributed by atoms with Crippen LogP contribution in [0.3, 0.4) is 0 Å². The van der Waals surface area contributed by atoms with Crippen molar-refractivity contribution in [2.75, 3.05) is 17.8 Å². The van der Waals surface area contributed by atoms with Gasteiger partial charge in [-0.2, -0.15) is 5.10 Å². The molecule has 0 bridgehead atoms. The molecule has 0 amide bonds. The molecule has 0 aliphatic heterocycles. The van der Waals surface area contributed by atoms with Crippen LogP contribution in [-0.2, 0) is 4.74 Å². The number of nitrogen functional groups attached to an aromatic ring is 1. The van der Waals surface area contributed by atoms with Gasteiger partial charge in [0.05, 0.1) is 12.8 Å². The molecule has 0 fully saturated rings. The number of nitrogens with two attached hydrogens (primary N) is 1. The van der Waals surface area contributed by atoms with Crippen LogP contribution < -0.4 is 11.2 Å². The molecule has 118 valence electrons. The minimum atomic E-state index is -0.470. The summed E-state index contributed by atoms with van der Waals surface area (Å²) >= 11 is 1.37. The highest BCUT2D eigenvalue weighted by Gasteiger charge is 2.13. The average Bonchev–Trinajstić information content (AvgIpc) is 3.13. The maximum atomic E-state index is 11.7. The number of thiazole rings is 1. The maximum Gasteiger partial charge on any atom is 0.374 e. The molecule has 2 heterocycles. The number of benzene rings is 1. The lowest BCUT2D eigenvalue weighted by atomic mass is 10.2. The summed E-state index contributed by atoms with van der Waals surface area (Å²) in [4.78, 5) is 15.7. The van der Waals surface area contributed by atoms with Gasteiger partial charge in [0.15, 0.2) is 0 Å². The normalized spacial score (nSPS) is 11.2. The van der Waals surface area contributed by atoms with Crippen molar-refractivity contribution in [3.05, 3.63) is 41.0 Å². The zero-order chi connectivity index (χ0) is 16.2. The van der Waals surface area contributed by atoms with E-state index in [0.717, 1.165) is 10.9 Å². The summed E-state index contributed by atoms with van der Waals surface area (Å²) in [6, 6.07) is 7.13. The molecular formula is C15H14N4O3S. The minimum Gasteiger partial charge on any atom is -0.460 e. The largest absolute Gasteiger partial charge is 0.460 e. The number of nitrogens with zero attached hydrogens (tertiary/aromatic N) is 2. The molecular weight excluding hydrogens is 316 g/mol. The van der Waals surface area contributed by atoms with Crippen molar-refractivity contribution < 1.29 is 13.9 Å². The van der Waals surface area contributed by atoms with Crippen LogP contribution in [0.5, 0.6) is 0 Å². The Bertz CT molecular complexity index is 869. The van der Waals surface area contributed by atoms with Gasteiger partial charge in [0.25, 0.3) is 0 Å². The molecule has 8 heteroatoms. The van der Waals surface area contributed by atoms with Gasteiger partial charge in [-0.1, -0.05) is 0 Å². The van der Waals surface area contributed by atoms with E-state index >= 15 is 0 Å². The van der Waals surface area contributed by atoms with E-state index in [1.54, 1.807) is 30.7 Å². The quantitative estimate of drug-likeness (QED) is 0.423. The van der Waals surface area contributed by atoms with Crippen LogP contribution in [0.4, 0.5) is 10.9 Å². The number of hydrazone groups is 1. The Morgan fingerprint density at radius 1 is 1.52 bits per heavy atom. The number of rotatable bonds is 5. The van der Waals surface area contributed by atoms with E-state index in [2.05, 4.69) is 15.5 Å². The van der Waals surface area contributed by atoms with E-state index in [1.165, 1.54) is 11.3 Å². The number of ether oxygens (including phenoxy) is 1. The molecule has 23 heavy (non-hydrogen) atoms. The van der Waals surface area contributed by atoms with E-state index in [1.807, 2.05) is 12.1 Å². The molecule has 1 aromatic carbocycles. The van der Waals surface area contributed by atoms with Gasteiger partial charge in [0.1, 0.15) is 11.4 Å². The van der Waals surface area contributed by atoms with Crippen LogP contribution in [0.15, 0.2) is 39.2 Å². The summed E-state index contributed by atoms with van der Waals surface area (Å²) in [5.41, 5.74) is 9.80. The number of nitrogens with one attached hydrogen (secondary N) is 1. The standard InChI is InChI=1S/C15H14N4O3S/c1-2-21-14(20)12-6-10-5-9(3-4-11(10)22-12)7-17-19-15-18-13(16)8-23-15/h3-8H,2,16H2,1H3,(H,18,19). The molecule has 0 radical (unpaired) electrons. The summed E-state index contributed by atoms with van der Waals surface area (Å²) in [7, 11) is 0. The molecule has 7 nitrogen and oxygen atoms in total. The van der Waals surface area contributed by atoms with Gasteiger partial charge in [-0.3, -0.25) is 5.43 Å². The predicted molar refractivity (Wildman–Crippen MR) is 89.9 cm³/mol. The highest BCUT2D eigenvalue weighted by atomic mass is 32.1.